The second-order valence-corrected chi connectivity index (χ2v) is 5.01. The lowest BCUT2D eigenvalue weighted by Crippen LogP contribution is -2.52. The lowest BCUT2D eigenvalue weighted by Gasteiger charge is -2.34. The molecule has 1 heterocycles. The zero-order chi connectivity index (χ0) is 12.4. The Kier molecular flexibility index (Phi) is 5.45. The van der Waals surface area contributed by atoms with E-state index in [9.17, 15) is 4.79 Å². The normalized spacial score (nSPS) is 19.3. The Morgan fingerprint density at radius 3 is 2.78 bits per heavy atom. The van der Waals surface area contributed by atoms with E-state index < -0.39 is 0 Å². The van der Waals surface area contributed by atoms with Gasteiger partial charge in [-0.3, -0.25) is 4.79 Å². The molecule has 0 bridgehead atoms. The van der Waals surface area contributed by atoms with Crippen LogP contribution in [-0.2, 0) is 0 Å². The molecule has 2 rings (SSSR count). The molecule has 1 saturated heterocycles. The monoisotopic (exact) mass is 288 g/mol. The van der Waals surface area contributed by atoms with E-state index in [-0.39, 0.29) is 24.4 Å². The molecule has 100 valence electrons. The summed E-state index contributed by atoms with van der Waals surface area (Å²) < 4.78 is 0. The first-order chi connectivity index (χ1) is 8.08. The van der Waals surface area contributed by atoms with E-state index in [0.29, 0.717) is 10.6 Å². The van der Waals surface area contributed by atoms with Crippen LogP contribution in [0.25, 0.3) is 0 Å². The van der Waals surface area contributed by atoms with E-state index in [4.69, 9.17) is 11.6 Å². The van der Waals surface area contributed by atoms with Gasteiger partial charge in [-0.15, -0.1) is 12.4 Å². The van der Waals surface area contributed by atoms with Gasteiger partial charge in [0.25, 0.3) is 5.91 Å². The van der Waals surface area contributed by atoms with Crippen molar-refractivity contribution in [3.63, 3.8) is 0 Å². The second-order valence-electron chi connectivity index (χ2n) is 4.57. The fraction of sp³-hybridized carbons (Fsp3) is 0.462. The maximum Gasteiger partial charge on any atom is 0.254 e. The highest BCUT2D eigenvalue weighted by molar-refractivity contribution is 6.31. The van der Waals surface area contributed by atoms with Gasteiger partial charge in [-0.2, -0.15) is 0 Å². The summed E-state index contributed by atoms with van der Waals surface area (Å²) >= 11 is 5.99. The molecule has 18 heavy (non-hydrogen) atoms. The Bertz CT molecular complexity index is 417. The van der Waals surface area contributed by atoms with Crippen molar-refractivity contribution in [3.8, 4) is 0 Å². The van der Waals surface area contributed by atoms with Crippen molar-refractivity contribution < 1.29 is 4.79 Å². The minimum absolute atomic E-state index is 0. The van der Waals surface area contributed by atoms with Gasteiger partial charge in [0.05, 0.1) is 0 Å². The van der Waals surface area contributed by atoms with Crippen molar-refractivity contribution >= 4 is 29.9 Å². The van der Waals surface area contributed by atoms with Gasteiger partial charge in [-0.05, 0) is 37.6 Å². The van der Waals surface area contributed by atoms with Gasteiger partial charge in [-0.25, -0.2) is 0 Å². The van der Waals surface area contributed by atoms with Gasteiger partial charge in [-0.1, -0.05) is 11.6 Å². The van der Waals surface area contributed by atoms with E-state index in [1.807, 2.05) is 24.0 Å². The van der Waals surface area contributed by atoms with Crippen LogP contribution in [0, 0.1) is 6.92 Å². The van der Waals surface area contributed by atoms with Crippen molar-refractivity contribution in [2.24, 2.45) is 0 Å². The number of hydrogen-bond acceptors (Lipinski definition) is 2. The number of aryl methyl sites for hydroxylation is 1. The smallest absolute Gasteiger partial charge is 0.254 e. The number of amides is 1. The summed E-state index contributed by atoms with van der Waals surface area (Å²) in [5.74, 6) is 0.0737. The van der Waals surface area contributed by atoms with Crippen LogP contribution >= 0.6 is 24.0 Å². The Morgan fingerprint density at radius 1 is 1.44 bits per heavy atom. The van der Waals surface area contributed by atoms with Crippen LogP contribution in [0.3, 0.4) is 0 Å². The molecule has 5 heteroatoms. The average molecular weight is 289 g/mol. The Morgan fingerprint density at radius 2 is 2.17 bits per heavy atom. The number of halogens is 2. The van der Waals surface area contributed by atoms with Crippen LogP contribution in [-0.4, -0.2) is 36.5 Å². The Hall–Kier alpha value is -0.770. The molecule has 1 atom stereocenters. The average Bonchev–Trinajstić information content (AvgIpc) is 2.27. The van der Waals surface area contributed by atoms with Gasteiger partial charge in [0.1, 0.15) is 0 Å². The number of nitrogens with one attached hydrogen (secondary N) is 1. The molecular formula is C13H18Cl2N2O. The standard InChI is InChI=1S/C13H17ClN2O.ClH/c1-9-5-11(7-12(14)6-9)13(17)16-4-3-15-8-10(16)2;/h5-7,10,15H,3-4,8H2,1-2H3;1H/t10-;/m0./s1. The first kappa shape index (κ1) is 15.3. The van der Waals surface area contributed by atoms with Crippen LogP contribution in [0.5, 0.6) is 0 Å². The molecular weight excluding hydrogens is 271 g/mol. The fourth-order valence-electron chi connectivity index (χ4n) is 2.17. The molecule has 1 aromatic carbocycles. The number of rotatable bonds is 1. The van der Waals surface area contributed by atoms with Crippen LogP contribution in [0.15, 0.2) is 18.2 Å². The van der Waals surface area contributed by atoms with E-state index in [0.717, 1.165) is 25.2 Å². The highest BCUT2D eigenvalue weighted by Crippen LogP contribution is 2.17. The largest absolute Gasteiger partial charge is 0.333 e. The molecule has 0 radical (unpaired) electrons. The predicted octanol–water partition coefficient (Wildman–Crippen LogP) is 2.50. The molecule has 0 aliphatic carbocycles. The lowest BCUT2D eigenvalue weighted by atomic mass is 10.1. The summed E-state index contributed by atoms with van der Waals surface area (Å²) in [6.07, 6.45) is 0. The lowest BCUT2D eigenvalue weighted by molar-refractivity contribution is 0.0655. The zero-order valence-corrected chi connectivity index (χ0v) is 12.1. The Labute approximate surface area is 119 Å². The summed E-state index contributed by atoms with van der Waals surface area (Å²) in [5, 5.41) is 3.90. The van der Waals surface area contributed by atoms with Crippen LogP contribution in [0.4, 0.5) is 0 Å². The van der Waals surface area contributed by atoms with Crippen molar-refractivity contribution in [1.82, 2.24) is 10.2 Å². The number of hydrogen-bond donors (Lipinski definition) is 1. The third-order valence-electron chi connectivity index (χ3n) is 3.05. The van der Waals surface area contributed by atoms with E-state index >= 15 is 0 Å². The topological polar surface area (TPSA) is 32.3 Å². The van der Waals surface area contributed by atoms with E-state index in [2.05, 4.69) is 12.2 Å². The number of piperazine rings is 1. The molecule has 1 amide bonds. The number of benzene rings is 1. The first-order valence-electron chi connectivity index (χ1n) is 5.87. The first-order valence-corrected chi connectivity index (χ1v) is 6.24. The van der Waals surface area contributed by atoms with Crippen molar-refractivity contribution in [1.29, 1.82) is 0 Å². The van der Waals surface area contributed by atoms with Gasteiger partial charge in [0, 0.05) is 36.3 Å². The molecule has 0 aromatic heterocycles. The highest BCUT2D eigenvalue weighted by atomic mass is 35.5. The summed E-state index contributed by atoms with van der Waals surface area (Å²) in [7, 11) is 0. The summed E-state index contributed by atoms with van der Waals surface area (Å²) in [6, 6.07) is 5.73. The SMILES string of the molecule is Cc1cc(Cl)cc(C(=O)N2CCNC[C@@H]2C)c1.Cl. The van der Waals surface area contributed by atoms with Gasteiger partial charge in [0.15, 0.2) is 0 Å². The van der Waals surface area contributed by atoms with Gasteiger partial charge >= 0.3 is 0 Å². The van der Waals surface area contributed by atoms with Crippen LogP contribution in [0.2, 0.25) is 5.02 Å². The maximum atomic E-state index is 12.4. The second kappa shape index (κ2) is 6.41. The van der Waals surface area contributed by atoms with E-state index in [1.54, 1.807) is 6.07 Å². The van der Waals surface area contributed by atoms with Crippen LogP contribution < -0.4 is 5.32 Å². The molecule has 3 nitrogen and oxygen atoms in total. The molecule has 0 unspecified atom stereocenters. The minimum atomic E-state index is 0. The molecule has 1 N–H and O–H groups in total. The summed E-state index contributed by atoms with van der Waals surface area (Å²) in [4.78, 5) is 14.3. The fourth-order valence-corrected chi connectivity index (χ4v) is 2.46. The number of carbonyl (C=O) groups excluding carboxylic acids is 1. The van der Waals surface area contributed by atoms with Crippen molar-refractivity contribution in [2.45, 2.75) is 19.9 Å². The number of nitrogens with zero attached hydrogens (tertiary/aromatic N) is 1. The summed E-state index contributed by atoms with van der Waals surface area (Å²) in [6.45, 7) is 6.47. The number of carbonyl (C=O) groups is 1. The molecule has 1 aliphatic heterocycles. The van der Waals surface area contributed by atoms with E-state index in [1.165, 1.54) is 0 Å². The molecule has 1 fully saturated rings. The third-order valence-corrected chi connectivity index (χ3v) is 3.27. The maximum absolute atomic E-state index is 12.4. The predicted molar refractivity (Wildman–Crippen MR) is 76.8 cm³/mol. The molecule has 0 spiro atoms. The Balaban J connectivity index is 0.00000162. The highest BCUT2D eigenvalue weighted by Gasteiger charge is 2.24. The van der Waals surface area contributed by atoms with Gasteiger partial charge < -0.3 is 10.2 Å². The van der Waals surface area contributed by atoms with Crippen LogP contribution in [0.1, 0.15) is 22.8 Å². The minimum Gasteiger partial charge on any atom is -0.333 e. The molecule has 1 aromatic rings. The molecule has 0 saturated carbocycles. The third kappa shape index (κ3) is 3.37. The molecule has 1 aliphatic rings. The van der Waals surface area contributed by atoms with Gasteiger partial charge in [0.2, 0.25) is 0 Å². The van der Waals surface area contributed by atoms with Crippen molar-refractivity contribution in [2.75, 3.05) is 19.6 Å². The zero-order valence-electron chi connectivity index (χ0n) is 10.6. The van der Waals surface area contributed by atoms with Crippen molar-refractivity contribution in [3.05, 3.63) is 34.3 Å². The quantitative estimate of drug-likeness (QED) is 0.861. The summed E-state index contributed by atoms with van der Waals surface area (Å²) in [5.41, 5.74) is 1.70.